The quantitative estimate of drug-likeness (QED) is 0.807. The first-order valence-electron chi connectivity index (χ1n) is 4.88. The number of carbonyl (C=O) groups is 1. The molecular weight excluding hydrogens is 230 g/mol. The summed E-state index contributed by atoms with van der Waals surface area (Å²) < 4.78 is 0. The van der Waals surface area contributed by atoms with Gasteiger partial charge in [-0.1, -0.05) is 17.7 Å². The zero-order chi connectivity index (χ0) is 10.7. The van der Waals surface area contributed by atoms with Gasteiger partial charge in [0.2, 0.25) is 0 Å². The summed E-state index contributed by atoms with van der Waals surface area (Å²) >= 11 is 8.02. The molecule has 1 fully saturated rings. The molecule has 1 heterocycles. The number of benzene rings is 1. The molecule has 2 rings (SSSR count). The van der Waals surface area contributed by atoms with Crippen molar-refractivity contribution in [1.29, 1.82) is 0 Å². The van der Waals surface area contributed by atoms with Crippen LogP contribution in [0.2, 0.25) is 5.02 Å². The third-order valence-electron chi connectivity index (χ3n) is 2.43. The zero-order valence-electron chi connectivity index (χ0n) is 8.20. The first kappa shape index (κ1) is 11.0. The highest BCUT2D eigenvalue weighted by Crippen LogP contribution is 2.34. The largest absolute Gasteiger partial charge is 0.314 e. The van der Waals surface area contributed by atoms with Crippen molar-refractivity contribution in [2.24, 2.45) is 0 Å². The van der Waals surface area contributed by atoms with E-state index in [9.17, 15) is 4.79 Å². The highest BCUT2D eigenvalue weighted by Gasteiger charge is 2.18. The van der Waals surface area contributed by atoms with E-state index in [1.54, 1.807) is 12.1 Å². The Balaban J connectivity index is 2.28. The minimum Gasteiger partial charge on any atom is -0.314 e. The van der Waals surface area contributed by atoms with Crippen LogP contribution < -0.4 is 5.32 Å². The number of halogens is 1. The molecule has 0 saturated carbocycles. The lowest BCUT2D eigenvalue weighted by molar-refractivity contribution is 0.112. The zero-order valence-corrected chi connectivity index (χ0v) is 9.77. The van der Waals surface area contributed by atoms with Gasteiger partial charge in [-0.3, -0.25) is 4.79 Å². The molecule has 0 spiro atoms. The monoisotopic (exact) mass is 241 g/mol. The Labute approximate surface area is 98.4 Å². The summed E-state index contributed by atoms with van der Waals surface area (Å²) in [4.78, 5) is 10.7. The van der Waals surface area contributed by atoms with E-state index in [1.807, 2.05) is 17.8 Å². The van der Waals surface area contributed by atoms with Gasteiger partial charge >= 0.3 is 0 Å². The van der Waals surface area contributed by atoms with Crippen LogP contribution in [0, 0.1) is 0 Å². The molecule has 1 aromatic rings. The van der Waals surface area contributed by atoms with Crippen molar-refractivity contribution in [3.63, 3.8) is 0 Å². The van der Waals surface area contributed by atoms with E-state index < -0.39 is 0 Å². The van der Waals surface area contributed by atoms with Crippen LogP contribution in [-0.2, 0) is 0 Å². The third-order valence-corrected chi connectivity index (χ3v) is 4.04. The summed E-state index contributed by atoms with van der Waals surface area (Å²) in [5, 5.41) is 4.45. The minimum absolute atomic E-state index is 0.367. The van der Waals surface area contributed by atoms with Crippen LogP contribution in [0.1, 0.15) is 21.2 Å². The number of hydrogen-bond acceptors (Lipinski definition) is 3. The first-order valence-corrected chi connectivity index (χ1v) is 6.31. The topological polar surface area (TPSA) is 29.1 Å². The molecule has 0 radical (unpaired) electrons. The summed E-state index contributed by atoms with van der Waals surface area (Å²) in [6.07, 6.45) is 0.862. The summed E-state index contributed by atoms with van der Waals surface area (Å²) in [5.41, 5.74) is 1.76. The van der Waals surface area contributed by atoms with Gasteiger partial charge in [0.25, 0.3) is 0 Å². The summed E-state index contributed by atoms with van der Waals surface area (Å²) in [6.45, 7) is 1.97. The molecule has 1 aromatic carbocycles. The maximum Gasteiger partial charge on any atom is 0.150 e. The SMILES string of the molecule is O=Cc1ccc(Cl)c(C2CNCCS2)c1. The molecule has 0 bridgehead atoms. The van der Waals surface area contributed by atoms with Crippen LogP contribution in [0.25, 0.3) is 0 Å². The van der Waals surface area contributed by atoms with Crippen LogP contribution in [0.5, 0.6) is 0 Å². The molecule has 2 nitrogen and oxygen atoms in total. The van der Waals surface area contributed by atoms with Gasteiger partial charge in [-0.25, -0.2) is 0 Å². The molecular formula is C11H12ClNOS. The predicted octanol–water partition coefficient (Wildman–Crippen LogP) is 2.53. The fraction of sp³-hybridized carbons (Fsp3) is 0.364. The van der Waals surface area contributed by atoms with Crippen molar-refractivity contribution in [3.8, 4) is 0 Å². The molecule has 1 aliphatic heterocycles. The highest BCUT2D eigenvalue weighted by atomic mass is 35.5. The third kappa shape index (κ3) is 2.54. The van der Waals surface area contributed by atoms with Crippen LogP contribution in [0.15, 0.2) is 18.2 Å². The smallest absolute Gasteiger partial charge is 0.150 e. The van der Waals surface area contributed by atoms with Crippen molar-refractivity contribution in [1.82, 2.24) is 5.32 Å². The lowest BCUT2D eigenvalue weighted by Gasteiger charge is -2.23. The van der Waals surface area contributed by atoms with Gasteiger partial charge in [-0.2, -0.15) is 11.8 Å². The van der Waals surface area contributed by atoms with Crippen LogP contribution in [0.3, 0.4) is 0 Å². The Kier molecular flexibility index (Phi) is 3.67. The van der Waals surface area contributed by atoms with E-state index in [1.165, 1.54) is 0 Å². The van der Waals surface area contributed by atoms with Gasteiger partial charge in [-0.05, 0) is 17.7 Å². The van der Waals surface area contributed by atoms with E-state index in [0.29, 0.717) is 10.8 Å². The highest BCUT2D eigenvalue weighted by molar-refractivity contribution is 7.99. The lowest BCUT2D eigenvalue weighted by Crippen LogP contribution is -2.28. The molecule has 0 aliphatic carbocycles. The summed E-state index contributed by atoms with van der Waals surface area (Å²) in [6, 6.07) is 5.44. The van der Waals surface area contributed by atoms with Crippen molar-refractivity contribution >= 4 is 29.6 Å². The maximum atomic E-state index is 10.7. The molecule has 0 amide bonds. The van der Waals surface area contributed by atoms with Crippen molar-refractivity contribution < 1.29 is 4.79 Å². The second-order valence-electron chi connectivity index (χ2n) is 3.46. The second kappa shape index (κ2) is 5.01. The molecule has 80 valence electrons. The number of carbonyl (C=O) groups excluding carboxylic acids is 1. The summed E-state index contributed by atoms with van der Waals surface area (Å²) in [7, 11) is 0. The number of thioether (sulfide) groups is 1. The average Bonchev–Trinajstić information content (AvgIpc) is 2.31. The fourth-order valence-electron chi connectivity index (χ4n) is 1.65. The van der Waals surface area contributed by atoms with E-state index in [-0.39, 0.29) is 0 Å². The minimum atomic E-state index is 0.367. The Hall–Kier alpha value is -0.510. The fourth-order valence-corrected chi connectivity index (χ4v) is 3.12. The van der Waals surface area contributed by atoms with Gasteiger partial charge in [0.15, 0.2) is 0 Å². The Bertz CT molecular complexity index is 364. The van der Waals surface area contributed by atoms with Crippen molar-refractivity contribution in [2.45, 2.75) is 5.25 Å². The summed E-state index contributed by atoms with van der Waals surface area (Å²) in [5.74, 6) is 1.09. The molecule has 1 N–H and O–H groups in total. The van der Waals surface area contributed by atoms with Crippen molar-refractivity contribution in [3.05, 3.63) is 34.3 Å². The second-order valence-corrected chi connectivity index (χ2v) is 5.18. The molecule has 1 unspecified atom stereocenters. The number of rotatable bonds is 2. The molecule has 15 heavy (non-hydrogen) atoms. The van der Waals surface area contributed by atoms with E-state index in [2.05, 4.69) is 5.32 Å². The number of nitrogens with one attached hydrogen (secondary N) is 1. The van der Waals surface area contributed by atoms with Crippen LogP contribution in [0.4, 0.5) is 0 Å². The van der Waals surface area contributed by atoms with Gasteiger partial charge in [0, 0.05) is 34.7 Å². The number of aldehydes is 1. The average molecular weight is 242 g/mol. The van der Waals surface area contributed by atoms with E-state index in [0.717, 1.165) is 35.7 Å². The maximum absolute atomic E-state index is 10.7. The standard InChI is InChI=1S/C11H12ClNOS/c12-10-2-1-8(7-14)5-9(10)11-6-13-3-4-15-11/h1-2,5,7,11,13H,3-4,6H2. The van der Waals surface area contributed by atoms with Crippen molar-refractivity contribution in [2.75, 3.05) is 18.8 Å². The predicted molar refractivity (Wildman–Crippen MR) is 64.9 cm³/mol. The molecule has 1 aliphatic rings. The van der Waals surface area contributed by atoms with Gasteiger partial charge in [-0.15, -0.1) is 0 Å². The Morgan fingerprint density at radius 3 is 3.07 bits per heavy atom. The molecule has 1 atom stereocenters. The molecule has 0 aromatic heterocycles. The van der Waals surface area contributed by atoms with Crippen LogP contribution >= 0.6 is 23.4 Å². The van der Waals surface area contributed by atoms with Gasteiger partial charge < -0.3 is 5.32 Å². The van der Waals surface area contributed by atoms with E-state index in [4.69, 9.17) is 11.6 Å². The van der Waals surface area contributed by atoms with Gasteiger partial charge in [0.05, 0.1) is 0 Å². The Morgan fingerprint density at radius 1 is 1.53 bits per heavy atom. The lowest BCUT2D eigenvalue weighted by atomic mass is 10.1. The van der Waals surface area contributed by atoms with Gasteiger partial charge in [0.1, 0.15) is 6.29 Å². The number of hydrogen-bond donors (Lipinski definition) is 1. The molecule has 4 heteroatoms. The first-order chi connectivity index (χ1) is 7.31. The van der Waals surface area contributed by atoms with E-state index >= 15 is 0 Å². The van der Waals surface area contributed by atoms with Crippen LogP contribution in [-0.4, -0.2) is 25.1 Å². The molecule has 1 saturated heterocycles. The Morgan fingerprint density at radius 2 is 2.40 bits per heavy atom. The normalized spacial score (nSPS) is 21.3.